The smallest absolute Gasteiger partial charge is 0.271 e. The Kier molecular flexibility index (Phi) is 5.52. The Hall–Kier alpha value is -4.39. The van der Waals surface area contributed by atoms with E-state index in [1.807, 2.05) is 42.5 Å². The first kappa shape index (κ1) is 18.9. The first-order valence-electron chi connectivity index (χ1n) is 9.17. The van der Waals surface area contributed by atoms with Crippen LogP contribution in [0.3, 0.4) is 0 Å². The molecule has 0 bridgehead atoms. The summed E-state index contributed by atoms with van der Waals surface area (Å²) >= 11 is 0. The maximum absolute atomic E-state index is 12.0. The van der Waals surface area contributed by atoms with Crippen molar-refractivity contribution < 1.29 is 9.90 Å². The van der Waals surface area contributed by atoms with Crippen LogP contribution in [-0.2, 0) is 0 Å². The predicted molar refractivity (Wildman–Crippen MR) is 116 cm³/mol. The second kappa shape index (κ2) is 8.74. The Morgan fingerprint density at radius 1 is 0.933 bits per heavy atom. The molecule has 146 valence electrons. The Bertz CT molecular complexity index is 1250. The lowest BCUT2D eigenvalue weighted by Gasteiger charge is -2.02. The number of nitrogens with zero attached hydrogens (tertiary/aromatic N) is 4. The highest BCUT2D eigenvalue weighted by molar-refractivity contribution is 5.95. The Labute approximate surface area is 172 Å². The molecule has 30 heavy (non-hydrogen) atoms. The van der Waals surface area contributed by atoms with Crippen LogP contribution in [0.5, 0.6) is 5.75 Å². The summed E-state index contributed by atoms with van der Waals surface area (Å²) in [5.41, 5.74) is 4.54. The van der Waals surface area contributed by atoms with E-state index in [1.54, 1.807) is 24.3 Å². The van der Waals surface area contributed by atoms with Gasteiger partial charge in [0.15, 0.2) is 0 Å². The zero-order valence-electron chi connectivity index (χ0n) is 15.8. The summed E-state index contributed by atoms with van der Waals surface area (Å²) in [5, 5.41) is 24.7. The highest BCUT2D eigenvalue weighted by atomic mass is 16.3. The molecule has 0 radical (unpaired) electrons. The van der Waals surface area contributed by atoms with Gasteiger partial charge in [-0.1, -0.05) is 36.4 Å². The van der Waals surface area contributed by atoms with Crippen molar-refractivity contribution in [2.75, 3.05) is 0 Å². The van der Waals surface area contributed by atoms with Crippen molar-refractivity contribution in [3.8, 4) is 5.75 Å². The van der Waals surface area contributed by atoms with Crippen molar-refractivity contribution in [1.29, 1.82) is 0 Å². The number of hydrogen-bond acceptors (Lipinski definition) is 6. The summed E-state index contributed by atoms with van der Waals surface area (Å²) in [6, 6.07) is 21.7. The summed E-state index contributed by atoms with van der Waals surface area (Å²) in [6.45, 7) is 0. The zero-order chi connectivity index (χ0) is 20.8. The molecule has 2 N–H and O–H groups in total. The normalized spacial score (nSPS) is 11.3. The van der Waals surface area contributed by atoms with E-state index in [0.29, 0.717) is 16.8 Å². The van der Waals surface area contributed by atoms with Crippen LogP contribution in [0, 0.1) is 0 Å². The Morgan fingerprint density at radius 3 is 2.60 bits per heavy atom. The van der Waals surface area contributed by atoms with Gasteiger partial charge in [-0.3, -0.25) is 9.78 Å². The number of nitrogens with one attached hydrogen (secondary N) is 1. The van der Waals surface area contributed by atoms with Crippen molar-refractivity contribution in [2.45, 2.75) is 0 Å². The first-order chi connectivity index (χ1) is 14.7. The molecule has 0 aliphatic rings. The fourth-order valence-electron chi connectivity index (χ4n) is 2.84. The SMILES string of the molecule is O=C(N/N=C\c1cc(N=Nc2cccc3ccccc23)ccc1O)c1ccncc1. The van der Waals surface area contributed by atoms with Crippen LogP contribution >= 0.6 is 0 Å². The highest BCUT2D eigenvalue weighted by Gasteiger charge is 2.04. The van der Waals surface area contributed by atoms with Gasteiger partial charge in [0.1, 0.15) is 5.75 Å². The number of phenols is 1. The third-order valence-corrected chi connectivity index (χ3v) is 4.36. The lowest BCUT2D eigenvalue weighted by atomic mass is 10.1. The monoisotopic (exact) mass is 395 g/mol. The van der Waals surface area contributed by atoms with Crippen molar-refractivity contribution in [3.05, 3.63) is 96.3 Å². The molecule has 0 spiro atoms. The fourth-order valence-corrected chi connectivity index (χ4v) is 2.84. The number of phenolic OH excluding ortho intramolecular Hbond substituents is 1. The number of hydrogen-bond donors (Lipinski definition) is 2. The minimum atomic E-state index is -0.375. The van der Waals surface area contributed by atoms with Gasteiger partial charge in [-0.2, -0.15) is 10.2 Å². The predicted octanol–water partition coefficient (Wildman–Crippen LogP) is 5.12. The van der Waals surface area contributed by atoms with E-state index in [0.717, 1.165) is 16.5 Å². The minimum Gasteiger partial charge on any atom is -0.507 e. The van der Waals surface area contributed by atoms with Crippen LogP contribution in [0.15, 0.2) is 101 Å². The lowest BCUT2D eigenvalue weighted by molar-refractivity contribution is 0.0955. The molecule has 1 amide bonds. The van der Waals surface area contributed by atoms with Gasteiger partial charge < -0.3 is 5.11 Å². The molecule has 0 aliphatic carbocycles. The number of pyridine rings is 1. The van der Waals surface area contributed by atoms with Crippen molar-refractivity contribution in [3.63, 3.8) is 0 Å². The summed E-state index contributed by atoms with van der Waals surface area (Å²) in [6.07, 6.45) is 4.40. The van der Waals surface area contributed by atoms with E-state index in [-0.39, 0.29) is 11.7 Å². The van der Waals surface area contributed by atoms with Crippen LogP contribution in [0.1, 0.15) is 15.9 Å². The third-order valence-electron chi connectivity index (χ3n) is 4.36. The molecule has 4 aromatic rings. The summed E-state index contributed by atoms with van der Waals surface area (Å²) in [5.74, 6) is -0.360. The third kappa shape index (κ3) is 4.36. The summed E-state index contributed by atoms with van der Waals surface area (Å²) in [4.78, 5) is 15.9. The van der Waals surface area contributed by atoms with Gasteiger partial charge in [0.2, 0.25) is 0 Å². The fraction of sp³-hybridized carbons (Fsp3) is 0. The number of aromatic hydroxyl groups is 1. The summed E-state index contributed by atoms with van der Waals surface area (Å²) < 4.78 is 0. The van der Waals surface area contributed by atoms with Crippen LogP contribution in [0.2, 0.25) is 0 Å². The minimum absolute atomic E-state index is 0.0148. The molecule has 1 heterocycles. The van der Waals surface area contributed by atoms with E-state index in [9.17, 15) is 9.90 Å². The molecule has 0 unspecified atom stereocenters. The number of fused-ring (bicyclic) bond motifs is 1. The molecule has 7 nitrogen and oxygen atoms in total. The van der Waals surface area contributed by atoms with Gasteiger partial charge in [0.25, 0.3) is 5.91 Å². The largest absolute Gasteiger partial charge is 0.507 e. The van der Waals surface area contributed by atoms with Crippen molar-refractivity contribution >= 4 is 34.3 Å². The van der Waals surface area contributed by atoms with Crippen molar-refractivity contribution in [1.82, 2.24) is 10.4 Å². The second-order valence-electron chi connectivity index (χ2n) is 6.38. The first-order valence-corrected chi connectivity index (χ1v) is 9.17. The second-order valence-corrected chi connectivity index (χ2v) is 6.38. The molecule has 0 atom stereocenters. The van der Waals surface area contributed by atoms with E-state index < -0.39 is 0 Å². The van der Waals surface area contributed by atoms with E-state index in [2.05, 4.69) is 25.7 Å². The maximum Gasteiger partial charge on any atom is 0.271 e. The number of rotatable bonds is 5. The van der Waals surface area contributed by atoms with Crippen molar-refractivity contribution in [2.24, 2.45) is 15.3 Å². The average molecular weight is 395 g/mol. The molecule has 4 rings (SSSR count). The van der Waals surface area contributed by atoms with E-state index >= 15 is 0 Å². The molecule has 0 fully saturated rings. The van der Waals surface area contributed by atoms with Crippen LogP contribution in [0.4, 0.5) is 11.4 Å². The zero-order valence-corrected chi connectivity index (χ0v) is 15.8. The van der Waals surface area contributed by atoms with Gasteiger partial charge >= 0.3 is 0 Å². The molecule has 0 saturated carbocycles. The Morgan fingerprint density at radius 2 is 1.73 bits per heavy atom. The van der Waals surface area contributed by atoms with Crippen LogP contribution in [-0.4, -0.2) is 22.2 Å². The maximum atomic E-state index is 12.0. The standard InChI is InChI=1S/C23H17N5O2/c29-22-9-8-19(26-27-21-7-3-5-16-4-1-2-6-20(16)21)14-18(22)15-25-28-23(30)17-10-12-24-13-11-17/h1-15,29H,(H,28,30)/b25-15-,27-26?. The molecular weight excluding hydrogens is 378 g/mol. The Balaban J connectivity index is 1.51. The quantitative estimate of drug-likeness (QED) is 0.279. The number of benzene rings is 3. The molecular formula is C23H17N5O2. The highest BCUT2D eigenvalue weighted by Crippen LogP contribution is 2.28. The molecule has 0 saturated heterocycles. The topological polar surface area (TPSA) is 99.3 Å². The molecule has 7 heteroatoms. The number of amides is 1. The van der Waals surface area contributed by atoms with Gasteiger partial charge in [0, 0.05) is 28.9 Å². The number of carbonyl (C=O) groups is 1. The summed E-state index contributed by atoms with van der Waals surface area (Å²) in [7, 11) is 0. The van der Waals surface area contributed by atoms with Crippen LogP contribution in [0.25, 0.3) is 10.8 Å². The van der Waals surface area contributed by atoms with Gasteiger partial charge in [-0.05, 0) is 41.8 Å². The van der Waals surface area contributed by atoms with Crippen LogP contribution < -0.4 is 5.43 Å². The van der Waals surface area contributed by atoms with E-state index in [1.165, 1.54) is 24.7 Å². The number of carbonyl (C=O) groups excluding carboxylic acids is 1. The van der Waals surface area contributed by atoms with Gasteiger partial charge in [-0.15, -0.1) is 5.11 Å². The lowest BCUT2D eigenvalue weighted by Crippen LogP contribution is -2.17. The molecule has 3 aromatic carbocycles. The number of azo groups is 1. The van der Waals surface area contributed by atoms with E-state index in [4.69, 9.17) is 0 Å². The van der Waals surface area contributed by atoms with Gasteiger partial charge in [0.05, 0.1) is 17.6 Å². The molecule has 0 aliphatic heterocycles. The number of aromatic nitrogens is 1. The molecule has 1 aromatic heterocycles. The number of hydrazone groups is 1. The average Bonchev–Trinajstić information content (AvgIpc) is 2.80. The van der Waals surface area contributed by atoms with Gasteiger partial charge in [-0.25, -0.2) is 5.43 Å².